The molecule has 1 fully saturated rings. The second-order valence-corrected chi connectivity index (χ2v) is 8.48. The van der Waals surface area contributed by atoms with Crippen LogP contribution < -0.4 is 10.9 Å². The van der Waals surface area contributed by atoms with Gasteiger partial charge in [0.1, 0.15) is 17.8 Å². The number of amides is 1. The van der Waals surface area contributed by atoms with Gasteiger partial charge in [0.25, 0.3) is 5.56 Å². The molecule has 180 valence electrons. The zero-order valence-electron chi connectivity index (χ0n) is 18.6. The first-order valence-corrected chi connectivity index (χ1v) is 10.8. The van der Waals surface area contributed by atoms with Gasteiger partial charge in [0.05, 0.1) is 10.9 Å². The Morgan fingerprint density at radius 1 is 1.26 bits per heavy atom. The Morgan fingerprint density at radius 3 is 2.74 bits per heavy atom. The molecule has 0 radical (unpaired) electrons. The molecule has 8 nitrogen and oxygen atoms in total. The number of fused-ring (bicyclic) bond motifs is 1. The molecule has 3 heterocycles. The number of carboxylic acid groups (broad SMARTS) is 1. The lowest BCUT2D eigenvalue weighted by Crippen LogP contribution is -2.40. The van der Waals surface area contributed by atoms with Gasteiger partial charge in [-0.3, -0.25) is 9.36 Å². The molecule has 0 bridgehead atoms. The van der Waals surface area contributed by atoms with Gasteiger partial charge in [-0.2, -0.15) is 13.2 Å². The summed E-state index contributed by atoms with van der Waals surface area (Å²) < 4.78 is 40.8. The lowest BCUT2D eigenvalue weighted by Gasteiger charge is -2.31. The number of alkyl halides is 3. The van der Waals surface area contributed by atoms with E-state index in [2.05, 4.69) is 15.3 Å². The molecule has 0 saturated carbocycles. The summed E-state index contributed by atoms with van der Waals surface area (Å²) in [5, 5.41) is 13.0. The molecule has 0 aliphatic carbocycles. The second-order valence-electron chi connectivity index (χ2n) is 8.48. The van der Waals surface area contributed by atoms with Crippen LogP contribution in [0, 0.1) is 0 Å². The van der Waals surface area contributed by atoms with Crippen molar-refractivity contribution in [2.24, 2.45) is 7.05 Å². The fourth-order valence-electron chi connectivity index (χ4n) is 4.38. The molecule has 1 aliphatic heterocycles. The van der Waals surface area contributed by atoms with Crippen LogP contribution in [0.4, 0.5) is 23.8 Å². The van der Waals surface area contributed by atoms with Gasteiger partial charge in [0.15, 0.2) is 0 Å². The molecular formula is C23H24F3N5O3. The zero-order chi connectivity index (χ0) is 24.6. The standard InChI is InChI=1S/C23H24F3N5O3/c1-13(14-5-3-7-16(9-14)23(24,25)26)29-19-18-10-17(15-6-4-8-31(11-15)22(33)34)21(32)30(2)20(18)28-12-27-19/h3,5,7,9-10,12-13,15H,4,6,8,11H2,1-2H3,(H,33,34)(H,27,28,29)/t13-,15-/m1/s1. The van der Waals surface area contributed by atoms with E-state index >= 15 is 0 Å². The zero-order valence-corrected chi connectivity index (χ0v) is 18.6. The number of piperidine rings is 1. The number of aryl methyl sites for hydroxylation is 1. The quantitative estimate of drug-likeness (QED) is 0.581. The van der Waals surface area contributed by atoms with Crippen LogP contribution in [0.1, 0.15) is 48.4 Å². The largest absolute Gasteiger partial charge is 0.465 e. The van der Waals surface area contributed by atoms with Gasteiger partial charge in [0.2, 0.25) is 0 Å². The Balaban J connectivity index is 1.72. The maximum Gasteiger partial charge on any atom is 0.416 e. The van der Waals surface area contributed by atoms with Crippen LogP contribution >= 0.6 is 0 Å². The molecule has 0 spiro atoms. The summed E-state index contributed by atoms with van der Waals surface area (Å²) in [6.45, 7) is 2.36. The van der Waals surface area contributed by atoms with Crippen LogP contribution in [0.3, 0.4) is 0 Å². The minimum absolute atomic E-state index is 0.215. The van der Waals surface area contributed by atoms with Gasteiger partial charge in [-0.1, -0.05) is 12.1 Å². The normalized spacial score (nSPS) is 17.6. The molecule has 11 heteroatoms. The molecule has 1 amide bonds. The fraction of sp³-hybridized carbons (Fsp3) is 0.391. The van der Waals surface area contributed by atoms with E-state index in [1.54, 1.807) is 26.1 Å². The van der Waals surface area contributed by atoms with E-state index in [0.717, 1.165) is 12.1 Å². The molecule has 2 N–H and O–H groups in total. The second kappa shape index (κ2) is 8.96. The first-order valence-electron chi connectivity index (χ1n) is 10.8. The number of anilines is 1. The number of nitrogens with one attached hydrogen (secondary N) is 1. The molecule has 4 rings (SSSR count). The highest BCUT2D eigenvalue weighted by atomic mass is 19.4. The van der Waals surface area contributed by atoms with Crippen LogP contribution in [0.5, 0.6) is 0 Å². The minimum Gasteiger partial charge on any atom is -0.465 e. The third-order valence-electron chi connectivity index (χ3n) is 6.23. The number of halogens is 3. The number of hydrogen-bond donors (Lipinski definition) is 2. The number of carbonyl (C=O) groups is 1. The lowest BCUT2D eigenvalue weighted by molar-refractivity contribution is -0.137. The number of likely N-dealkylation sites (tertiary alicyclic amines) is 1. The average molecular weight is 475 g/mol. The number of rotatable bonds is 4. The van der Waals surface area contributed by atoms with E-state index in [-0.39, 0.29) is 18.0 Å². The van der Waals surface area contributed by atoms with Crippen molar-refractivity contribution in [1.29, 1.82) is 0 Å². The smallest absolute Gasteiger partial charge is 0.416 e. The van der Waals surface area contributed by atoms with E-state index < -0.39 is 23.9 Å². The maximum atomic E-state index is 13.1. The van der Waals surface area contributed by atoms with Crippen molar-refractivity contribution < 1.29 is 23.1 Å². The minimum atomic E-state index is -4.45. The van der Waals surface area contributed by atoms with Crippen molar-refractivity contribution in [2.75, 3.05) is 18.4 Å². The van der Waals surface area contributed by atoms with Crippen LogP contribution in [0.15, 0.2) is 41.5 Å². The van der Waals surface area contributed by atoms with Crippen LogP contribution in [-0.4, -0.2) is 43.7 Å². The fourth-order valence-corrected chi connectivity index (χ4v) is 4.38. The summed E-state index contributed by atoms with van der Waals surface area (Å²) in [4.78, 5) is 34.3. The van der Waals surface area contributed by atoms with Crippen molar-refractivity contribution >= 4 is 22.9 Å². The van der Waals surface area contributed by atoms with Gasteiger partial charge in [-0.15, -0.1) is 0 Å². The predicted molar refractivity (Wildman–Crippen MR) is 120 cm³/mol. The molecule has 1 saturated heterocycles. The molecule has 0 unspecified atom stereocenters. The van der Waals surface area contributed by atoms with Crippen molar-refractivity contribution in [3.8, 4) is 0 Å². The first-order chi connectivity index (χ1) is 16.1. The average Bonchev–Trinajstić information content (AvgIpc) is 2.81. The van der Waals surface area contributed by atoms with E-state index in [4.69, 9.17) is 0 Å². The number of hydrogen-bond acceptors (Lipinski definition) is 5. The monoisotopic (exact) mass is 475 g/mol. The molecule has 2 aromatic heterocycles. The predicted octanol–water partition coefficient (Wildman–Crippen LogP) is 4.38. The van der Waals surface area contributed by atoms with E-state index in [1.807, 2.05) is 0 Å². The summed E-state index contributed by atoms with van der Waals surface area (Å²) in [7, 11) is 1.58. The summed E-state index contributed by atoms with van der Waals surface area (Å²) in [6, 6.07) is 6.22. The molecule has 1 aliphatic rings. The van der Waals surface area contributed by atoms with Gasteiger partial charge in [0, 0.05) is 37.7 Å². The molecule has 2 atom stereocenters. The van der Waals surface area contributed by atoms with Crippen LogP contribution in [0.2, 0.25) is 0 Å². The molecule has 3 aromatic rings. The topological polar surface area (TPSA) is 100 Å². The lowest BCUT2D eigenvalue weighted by atomic mass is 9.91. The summed E-state index contributed by atoms with van der Waals surface area (Å²) >= 11 is 0. The number of nitrogens with zero attached hydrogens (tertiary/aromatic N) is 4. The SMILES string of the molecule is C[C@@H](Nc1ncnc2c1cc([C@@H]1CCCN(C(=O)O)C1)c(=O)n2C)c1cccc(C(F)(F)F)c1. The Bertz CT molecular complexity index is 1290. The van der Waals surface area contributed by atoms with E-state index in [9.17, 15) is 27.9 Å². The van der Waals surface area contributed by atoms with Crippen molar-refractivity contribution in [3.05, 3.63) is 63.7 Å². The highest BCUT2D eigenvalue weighted by Gasteiger charge is 2.31. The first kappa shape index (κ1) is 23.5. The Labute approximate surface area is 193 Å². The summed E-state index contributed by atoms with van der Waals surface area (Å²) in [6.07, 6.45) is -2.88. The highest BCUT2D eigenvalue weighted by molar-refractivity contribution is 5.87. The van der Waals surface area contributed by atoms with E-state index in [1.165, 1.54) is 21.9 Å². The molecular weight excluding hydrogens is 451 g/mol. The summed E-state index contributed by atoms with van der Waals surface area (Å²) in [5.41, 5.74) is 0.256. The van der Waals surface area contributed by atoms with Gasteiger partial charge in [-0.25, -0.2) is 14.8 Å². The van der Waals surface area contributed by atoms with Crippen molar-refractivity contribution in [2.45, 2.75) is 37.9 Å². The van der Waals surface area contributed by atoms with Gasteiger partial charge < -0.3 is 15.3 Å². The van der Waals surface area contributed by atoms with Crippen molar-refractivity contribution in [3.63, 3.8) is 0 Å². The van der Waals surface area contributed by atoms with Gasteiger partial charge in [-0.05, 0) is 43.5 Å². The number of benzene rings is 1. The number of aromatic nitrogens is 3. The van der Waals surface area contributed by atoms with Gasteiger partial charge >= 0.3 is 12.3 Å². The summed E-state index contributed by atoms with van der Waals surface area (Å²) in [5.74, 6) is 0.0968. The Hall–Kier alpha value is -3.63. The Morgan fingerprint density at radius 2 is 2.03 bits per heavy atom. The molecule has 1 aromatic carbocycles. The number of pyridine rings is 1. The highest BCUT2D eigenvalue weighted by Crippen LogP contribution is 2.32. The van der Waals surface area contributed by atoms with Crippen LogP contribution in [-0.2, 0) is 13.2 Å². The van der Waals surface area contributed by atoms with E-state index in [0.29, 0.717) is 47.4 Å². The molecule has 34 heavy (non-hydrogen) atoms. The Kier molecular flexibility index (Phi) is 6.20. The van der Waals surface area contributed by atoms with Crippen LogP contribution in [0.25, 0.3) is 11.0 Å². The third kappa shape index (κ3) is 4.55. The third-order valence-corrected chi connectivity index (χ3v) is 6.23. The maximum absolute atomic E-state index is 13.1. The van der Waals surface area contributed by atoms with Crippen molar-refractivity contribution in [1.82, 2.24) is 19.4 Å².